The second kappa shape index (κ2) is 9.65. The summed E-state index contributed by atoms with van der Waals surface area (Å²) in [6.45, 7) is 4.07. The Morgan fingerprint density at radius 3 is 2.48 bits per heavy atom. The van der Waals surface area contributed by atoms with E-state index in [4.69, 9.17) is 9.15 Å². The van der Waals surface area contributed by atoms with Gasteiger partial charge in [0.1, 0.15) is 11.5 Å². The smallest absolute Gasteiger partial charge is 0.338 e. The largest absolute Gasteiger partial charge is 0.462 e. The minimum Gasteiger partial charge on any atom is -0.462 e. The topological polar surface area (TPSA) is 95.5 Å². The molecule has 0 atom stereocenters. The number of fused-ring (bicyclic) bond motifs is 1. The Kier molecular flexibility index (Phi) is 6.49. The van der Waals surface area contributed by atoms with Crippen LogP contribution in [0.2, 0.25) is 0 Å². The number of nitrogens with zero attached hydrogens (tertiary/aromatic N) is 2. The van der Waals surface area contributed by atoms with Gasteiger partial charge in [0.05, 0.1) is 22.6 Å². The number of hydrogen-bond acceptors (Lipinski definition) is 6. The number of benzene rings is 2. The number of hydrogen-bond donors (Lipinski definition) is 0. The highest BCUT2D eigenvalue weighted by molar-refractivity contribution is 6.05. The SMILES string of the molecule is CCCCc1ccc(-c2ccc(-c3cc(C(=O)OCC)c4cc([N+](=O)[O-])ccc4n3)o2)cc1. The van der Waals surface area contributed by atoms with Crippen molar-refractivity contribution >= 4 is 22.6 Å². The predicted octanol–water partition coefficient (Wildman–Crippen LogP) is 6.59. The quantitative estimate of drug-likeness (QED) is 0.173. The van der Waals surface area contributed by atoms with Crippen LogP contribution in [0.25, 0.3) is 33.7 Å². The molecule has 2 aromatic heterocycles. The van der Waals surface area contributed by atoms with E-state index in [1.807, 2.05) is 18.2 Å². The molecule has 0 bridgehead atoms. The Morgan fingerprint density at radius 1 is 1.03 bits per heavy atom. The van der Waals surface area contributed by atoms with E-state index in [9.17, 15) is 14.9 Å². The second-order valence-corrected chi connectivity index (χ2v) is 7.70. The minimum atomic E-state index is -0.568. The van der Waals surface area contributed by atoms with Crippen LogP contribution < -0.4 is 0 Å². The van der Waals surface area contributed by atoms with E-state index in [0.29, 0.717) is 28.1 Å². The molecule has 0 unspecified atom stereocenters. The fraction of sp³-hybridized carbons (Fsp3) is 0.231. The van der Waals surface area contributed by atoms with Crippen LogP contribution in [0.3, 0.4) is 0 Å². The van der Waals surface area contributed by atoms with Crippen molar-refractivity contribution in [3.8, 4) is 22.8 Å². The van der Waals surface area contributed by atoms with Gasteiger partial charge in [-0.2, -0.15) is 0 Å². The Morgan fingerprint density at radius 2 is 1.79 bits per heavy atom. The molecule has 0 aliphatic carbocycles. The van der Waals surface area contributed by atoms with Crippen molar-refractivity contribution in [2.75, 3.05) is 6.61 Å². The number of furan rings is 1. The maximum absolute atomic E-state index is 12.6. The van der Waals surface area contributed by atoms with E-state index in [1.165, 1.54) is 23.8 Å². The van der Waals surface area contributed by atoms with Crippen molar-refractivity contribution < 1.29 is 18.9 Å². The van der Waals surface area contributed by atoms with Gasteiger partial charge in [0.2, 0.25) is 0 Å². The lowest BCUT2D eigenvalue weighted by Gasteiger charge is -2.08. The number of nitro benzene ring substituents is 1. The number of aryl methyl sites for hydroxylation is 1. The third-order valence-corrected chi connectivity index (χ3v) is 5.41. The lowest BCUT2D eigenvalue weighted by molar-refractivity contribution is -0.384. The lowest BCUT2D eigenvalue weighted by Crippen LogP contribution is -2.06. The number of unbranched alkanes of at least 4 members (excludes halogenated alkanes) is 1. The summed E-state index contributed by atoms with van der Waals surface area (Å²) < 4.78 is 11.2. The molecule has 2 heterocycles. The summed E-state index contributed by atoms with van der Waals surface area (Å²) in [4.78, 5) is 27.9. The van der Waals surface area contributed by atoms with Gasteiger partial charge in [-0.3, -0.25) is 10.1 Å². The molecule has 4 rings (SSSR count). The lowest BCUT2D eigenvalue weighted by atomic mass is 10.1. The molecule has 0 aliphatic heterocycles. The van der Waals surface area contributed by atoms with Crippen molar-refractivity contribution in [2.24, 2.45) is 0 Å². The maximum Gasteiger partial charge on any atom is 0.338 e. The highest BCUT2D eigenvalue weighted by atomic mass is 16.6. The third-order valence-electron chi connectivity index (χ3n) is 5.41. The van der Waals surface area contributed by atoms with Crippen LogP contribution in [0.4, 0.5) is 5.69 Å². The van der Waals surface area contributed by atoms with Crippen molar-refractivity contribution in [3.05, 3.63) is 81.9 Å². The maximum atomic E-state index is 12.6. The number of aromatic nitrogens is 1. The number of esters is 1. The number of non-ortho nitro benzene ring substituents is 1. The number of carbonyl (C=O) groups is 1. The molecule has 0 aliphatic rings. The van der Waals surface area contributed by atoms with Crippen molar-refractivity contribution in [1.29, 1.82) is 0 Å². The van der Waals surface area contributed by atoms with E-state index in [-0.39, 0.29) is 17.9 Å². The Hall–Kier alpha value is -4.00. The van der Waals surface area contributed by atoms with E-state index >= 15 is 0 Å². The van der Waals surface area contributed by atoms with Crippen LogP contribution in [-0.2, 0) is 11.2 Å². The van der Waals surface area contributed by atoms with Crippen LogP contribution in [0, 0.1) is 10.1 Å². The molecule has 0 saturated heterocycles. The Labute approximate surface area is 191 Å². The molecule has 4 aromatic rings. The zero-order chi connectivity index (χ0) is 23.4. The van der Waals surface area contributed by atoms with Crippen molar-refractivity contribution in [3.63, 3.8) is 0 Å². The monoisotopic (exact) mass is 444 g/mol. The average molecular weight is 444 g/mol. The summed E-state index contributed by atoms with van der Waals surface area (Å²) in [5.74, 6) is 0.613. The molecule has 168 valence electrons. The van der Waals surface area contributed by atoms with Gasteiger partial charge in [-0.25, -0.2) is 9.78 Å². The molecule has 33 heavy (non-hydrogen) atoms. The second-order valence-electron chi connectivity index (χ2n) is 7.70. The van der Waals surface area contributed by atoms with Gasteiger partial charge in [0, 0.05) is 23.1 Å². The Bertz CT molecular complexity index is 1310. The van der Waals surface area contributed by atoms with Crippen molar-refractivity contribution in [2.45, 2.75) is 33.1 Å². The number of rotatable bonds is 8. The predicted molar refractivity (Wildman–Crippen MR) is 126 cm³/mol. The molecular weight excluding hydrogens is 420 g/mol. The zero-order valence-electron chi connectivity index (χ0n) is 18.5. The van der Waals surface area contributed by atoms with Gasteiger partial charge in [-0.1, -0.05) is 37.6 Å². The number of nitro groups is 1. The summed E-state index contributed by atoms with van der Waals surface area (Å²) in [6.07, 6.45) is 3.36. The number of ether oxygens (including phenoxy) is 1. The van der Waals surface area contributed by atoms with Gasteiger partial charge in [-0.15, -0.1) is 0 Å². The summed E-state index contributed by atoms with van der Waals surface area (Å²) in [5.41, 5.74) is 3.22. The summed E-state index contributed by atoms with van der Waals surface area (Å²) >= 11 is 0. The first kappa shape index (κ1) is 22.2. The van der Waals surface area contributed by atoms with E-state index < -0.39 is 10.9 Å². The zero-order valence-corrected chi connectivity index (χ0v) is 18.5. The van der Waals surface area contributed by atoms with Crippen LogP contribution in [-0.4, -0.2) is 22.5 Å². The normalized spacial score (nSPS) is 11.0. The Balaban J connectivity index is 1.72. The molecule has 0 fully saturated rings. The minimum absolute atomic E-state index is 0.120. The fourth-order valence-corrected chi connectivity index (χ4v) is 3.68. The van der Waals surface area contributed by atoms with Crippen molar-refractivity contribution in [1.82, 2.24) is 4.98 Å². The van der Waals surface area contributed by atoms with Crippen LogP contribution in [0.1, 0.15) is 42.6 Å². The molecule has 0 saturated carbocycles. The summed E-state index contributed by atoms with van der Waals surface area (Å²) in [7, 11) is 0. The van der Waals surface area contributed by atoms with Crippen LogP contribution >= 0.6 is 0 Å². The molecule has 7 heteroatoms. The number of pyridine rings is 1. The third kappa shape index (κ3) is 4.77. The average Bonchev–Trinajstić information content (AvgIpc) is 3.32. The first-order valence-corrected chi connectivity index (χ1v) is 11.0. The van der Waals surface area contributed by atoms with Gasteiger partial charge in [0.15, 0.2) is 5.76 Å². The van der Waals surface area contributed by atoms with Crippen LogP contribution in [0.5, 0.6) is 0 Å². The van der Waals surface area contributed by atoms with Crippen LogP contribution in [0.15, 0.2) is 65.1 Å². The van der Waals surface area contributed by atoms with E-state index in [1.54, 1.807) is 19.1 Å². The van der Waals surface area contributed by atoms with Gasteiger partial charge >= 0.3 is 5.97 Å². The van der Waals surface area contributed by atoms with Gasteiger partial charge in [0.25, 0.3) is 5.69 Å². The number of carbonyl (C=O) groups excluding carboxylic acids is 1. The highest BCUT2D eigenvalue weighted by Gasteiger charge is 2.19. The molecule has 7 nitrogen and oxygen atoms in total. The van der Waals surface area contributed by atoms with E-state index in [2.05, 4.69) is 24.0 Å². The molecular formula is C26H24N2O5. The van der Waals surface area contributed by atoms with Gasteiger partial charge in [-0.05, 0) is 49.6 Å². The summed E-state index contributed by atoms with van der Waals surface area (Å²) in [5, 5.41) is 11.6. The van der Waals surface area contributed by atoms with Gasteiger partial charge < -0.3 is 9.15 Å². The fourth-order valence-electron chi connectivity index (χ4n) is 3.68. The standard InChI is InChI=1S/C26H24N2O5/c1-3-5-6-17-7-9-18(10-8-17)24-13-14-25(33-24)23-16-21(26(29)32-4-2)20-15-19(28(30)31)11-12-22(20)27-23/h7-16H,3-6H2,1-2H3. The summed E-state index contributed by atoms with van der Waals surface area (Å²) in [6, 6.07) is 17.7. The molecule has 0 N–H and O–H groups in total. The van der Waals surface area contributed by atoms with E-state index in [0.717, 1.165) is 24.8 Å². The highest BCUT2D eigenvalue weighted by Crippen LogP contribution is 2.32. The molecule has 2 aromatic carbocycles. The first-order chi connectivity index (χ1) is 16.0. The molecule has 0 amide bonds. The first-order valence-electron chi connectivity index (χ1n) is 11.0. The molecule has 0 radical (unpaired) electrons. The molecule has 0 spiro atoms.